The van der Waals surface area contributed by atoms with Gasteiger partial charge in [-0.1, -0.05) is 0 Å². The van der Waals surface area contributed by atoms with E-state index in [1.807, 2.05) is 12.1 Å². The molecule has 0 amide bonds. The van der Waals surface area contributed by atoms with E-state index in [0.717, 1.165) is 24.5 Å². The van der Waals surface area contributed by atoms with Crippen molar-refractivity contribution in [3.05, 3.63) is 24.3 Å². The number of nitrogens with one attached hydrogen (secondary N) is 2. The Bertz CT molecular complexity index is 567. The maximum atomic E-state index is 11.1. The fraction of sp³-hybridized carbons (Fsp3) is 0.571. The lowest BCUT2D eigenvalue weighted by Crippen LogP contribution is -2.27. The van der Waals surface area contributed by atoms with Crippen LogP contribution in [0, 0.1) is 0 Å². The third-order valence-corrected chi connectivity index (χ3v) is 4.45. The summed E-state index contributed by atoms with van der Waals surface area (Å²) in [6.45, 7) is 2.31. The van der Waals surface area contributed by atoms with Crippen LogP contribution in [0.4, 0.5) is 11.4 Å². The lowest BCUT2D eigenvalue weighted by Gasteiger charge is -2.17. The Morgan fingerprint density at radius 2 is 1.75 bits per heavy atom. The van der Waals surface area contributed by atoms with Crippen LogP contribution in [-0.2, 0) is 10.0 Å². The minimum Gasteiger partial charge on any atom is -0.381 e. The van der Waals surface area contributed by atoms with Crippen molar-refractivity contribution in [1.29, 1.82) is 0 Å². The Hall–Kier alpha value is -1.27. The van der Waals surface area contributed by atoms with Crippen LogP contribution in [0.3, 0.4) is 0 Å². The SMILES string of the molecule is CS(=O)(=O)Nc1ccc(NC2CCN(C3CC3)C2)cc1. The van der Waals surface area contributed by atoms with Gasteiger partial charge in [-0.25, -0.2) is 8.42 Å². The lowest BCUT2D eigenvalue weighted by atomic mass is 10.2. The van der Waals surface area contributed by atoms with E-state index in [2.05, 4.69) is 14.9 Å². The number of sulfonamides is 1. The molecule has 5 nitrogen and oxygen atoms in total. The molecular formula is C14H21N3O2S. The zero-order valence-corrected chi connectivity index (χ0v) is 12.5. The van der Waals surface area contributed by atoms with Crippen molar-refractivity contribution in [3.8, 4) is 0 Å². The first kappa shape index (κ1) is 13.7. The van der Waals surface area contributed by atoms with Gasteiger partial charge in [0.05, 0.1) is 6.26 Å². The van der Waals surface area contributed by atoms with Gasteiger partial charge in [0.15, 0.2) is 0 Å². The number of benzene rings is 1. The Morgan fingerprint density at radius 1 is 1.10 bits per heavy atom. The molecule has 0 radical (unpaired) electrons. The standard InChI is InChI=1S/C14H21N3O2S/c1-20(18,19)16-12-4-2-11(3-5-12)15-13-8-9-17(10-13)14-6-7-14/h2-5,13-16H,6-10H2,1H3. The smallest absolute Gasteiger partial charge is 0.229 e. The molecule has 3 rings (SSSR count). The second kappa shape index (κ2) is 5.26. The van der Waals surface area contributed by atoms with Gasteiger partial charge in [-0.05, 0) is 43.5 Å². The number of rotatable bonds is 5. The zero-order chi connectivity index (χ0) is 14.2. The molecule has 2 aliphatic rings. The summed E-state index contributed by atoms with van der Waals surface area (Å²) < 4.78 is 24.7. The molecule has 110 valence electrons. The number of hydrogen-bond acceptors (Lipinski definition) is 4. The third-order valence-electron chi connectivity index (χ3n) is 3.84. The fourth-order valence-corrected chi connectivity index (χ4v) is 3.32. The fourth-order valence-electron chi connectivity index (χ4n) is 2.76. The molecule has 1 saturated heterocycles. The van der Waals surface area contributed by atoms with Gasteiger partial charge in [-0.15, -0.1) is 0 Å². The maximum Gasteiger partial charge on any atom is 0.229 e. The van der Waals surface area contributed by atoms with Crippen LogP contribution < -0.4 is 10.0 Å². The Balaban J connectivity index is 1.55. The Kier molecular flexibility index (Phi) is 3.60. The second-order valence-electron chi connectivity index (χ2n) is 5.81. The number of hydrogen-bond donors (Lipinski definition) is 2. The Labute approximate surface area is 120 Å². The van der Waals surface area contributed by atoms with Crippen molar-refractivity contribution < 1.29 is 8.42 Å². The summed E-state index contributed by atoms with van der Waals surface area (Å²) in [4.78, 5) is 2.57. The zero-order valence-electron chi connectivity index (χ0n) is 11.7. The summed E-state index contributed by atoms with van der Waals surface area (Å²) in [6.07, 6.45) is 5.06. The molecule has 1 saturated carbocycles. The molecule has 20 heavy (non-hydrogen) atoms. The van der Waals surface area contributed by atoms with Crippen LogP contribution in [0.2, 0.25) is 0 Å². The van der Waals surface area contributed by atoms with Crippen LogP contribution in [0.5, 0.6) is 0 Å². The molecule has 2 fully saturated rings. The van der Waals surface area contributed by atoms with Gasteiger partial charge in [-0.3, -0.25) is 9.62 Å². The van der Waals surface area contributed by atoms with Gasteiger partial charge in [0.2, 0.25) is 10.0 Å². The summed E-state index contributed by atoms with van der Waals surface area (Å²) in [5, 5.41) is 3.52. The van der Waals surface area contributed by atoms with Crippen LogP contribution in [0.25, 0.3) is 0 Å². The first-order valence-electron chi connectivity index (χ1n) is 7.08. The number of nitrogens with zero attached hydrogens (tertiary/aromatic N) is 1. The molecule has 2 N–H and O–H groups in total. The van der Waals surface area contributed by atoms with Crippen LogP contribution in [0.1, 0.15) is 19.3 Å². The summed E-state index contributed by atoms with van der Waals surface area (Å²) in [5.74, 6) is 0. The average molecular weight is 295 g/mol. The predicted octanol–water partition coefficient (Wildman–Crippen LogP) is 1.71. The second-order valence-corrected chi connectivity index (χ2v) is 7.56. The summed E-state index contributed by atoms with van der Waals surface area (Å²) in [6, 6.07) is 8.77. The summed E-state index contributed by atoms with van der Waals surface area (Å²) >= 11 is 0. The van der Waals surface area contributed by atoms with Gasteiger partial charge in [0.1, 0.15) is 0 Å². The van der Waals surface area contributed by atoms with Crippen LogP contribution in [-0.4, -0.2) is 44.7 Å². The number of likely N-dealkylation sites (tertiary alicyclic amines) is 1. The van der Waals surface area contributed by atoms with Crippen molar-refractivity contribution in [1.82, 2.24) is 4.90 Å². The van der Waals surface area contributed by atoms with E-state index in [1.54, 1.807) is 12.1 Å². The molecule has 1 aromatic rings. The minimum atomic E-state index is -3.20. The largest absolute Gasteiger partial charge is 0.381 e. The van der Waals surface area contributed by atoms with Crippen LogP contribution >= 0.6 is 0 Å². The van der Waals surface area contributed by atoms with E-state index < -0.39 is 10.0 Å². The first-order valence-corrected chi connectivity index (χ1v) is 8.97. The van der Waals surface area contributed by atoms with E-state index in [4.69, 9.17) is 0 Å². The van der Waals surface area contributed by atoms with Crippen molar-refractivity contribution in [2.24, 2.45) is 0 Å². The van der Waals surface area contributed by atoms with Crippen molar-refractivity contribution >= 4 is 21.4 Å². The van der Waals surface area contributed by atoms with E-state index in [9.17, 15) is 8.42 Å². The molecule has 1 aromatic carbocycles. The molecule has 0 spiro atoms. The van der Waals surface area contributed by atoms with E-state index >= 15 is 0 Å². The normalized spacial score (nSPS) is 23.8. The molecule has 6 heteroatoms. The highest BCUT2D eigenvalue weighted by Gasteiger charge is 2.34. The molecule has 1 heterocycles. The van der Waals surface area contributed by atoms with Gasteiger partial charge >= 0.3 is 0 Å². The highest BCUT2D eigenvalue weighted by Crippen LogP contribution is 2.30. The molecule has 1 aliphatic heterocycles. The van der Waals surface area contributed by atoms with Gasteiger partial charge in [-0.2, -0.15) is 0 Å². The van der Waals surface area contributed by atoms with E-state index in [0.29, 0.717) is 11.7 Å². The monoisotopic (exact) mass is 295 g/mol. The maximum absolute atomic E-state index is 11.1. The molecule has 1 atom stereocenters. The predicted molar refractivity (Wildman–Crippen MR) is 81.5 cm³/mol. The molecule has 0 aromatic heterocycles. The van der Waals surface area contributed by atoms with Crippen molar-refractivity contribution in [2.45, 2.75) is 31.3 Å². The number of anilines is 2. The average Bonchev–Trinajstić information content (AvgIpc) is 3.11. The van der Waals surface area contributed by atoms with Crippen molar-refractivity contribution in [3.63, 3.8) is 0 Å². The third kappa shape index (κ3) is 3.64. The van der Waals surface area contributed by atoms with Gasteiger partial charge in [0, 0.05) is 36.5 Å². The Morgan fingerprint density at radius 3 is 2.35 bits per heavy atom. The molecular weight excluding hydrogens is 274 g/mol. The van der Waals surface area contributed by atoms with Gasteiger partial charge in [0.25, 0.3) is 0 Å². The summed E-state index contributed by atoms with van der Waals surface area (Å²) in [5.41, 5.74) is 1.65. The highest BCUT2D eigenvalue weighted by molar-refractivity contribution is 7.92. The molecule has 1 aliphatic carbocycles. The first-order chi connectivity index (χ1) is 9.49. The minimum absolute atomic E-state index is 0.504. The van der Waals surface area contributed by atoms with Crippen LogP contribution in [0.15, 0.2) is 24.3 Å². The molecule has 1 unspecified atom stereocenters. The van der Waals surface area contributed by atoms with Crippen molar-refractivity contribution in [2.75, 3.05) is 29.4 Å². The quantitative estimate of drug-likeness (QED) is 0.868. The summed E-state index contributed by atoms with van der Waals surface area (Å²) in [7, 11) is -3.20. The molecule has 0 bridgehead atoms. The van der Waals surface area contributed by atoms with E-state index in [1.165, 1.54) is 25.8 Å². The van der Waals surface area contributed by atoms with Gasteiger partial charge < -0.3 is 5.32 Å². The lowest BCUT2D eigenvalue weighted by molar-refractivity contribution is 0.326. The highest BCUT2D eigenvalue weighted by atomic mass is 32.2. The van der Waals surface area contributed by atoms with E-state index in [-0.39, 0.29) is 0 Å². The topological polar surface area (TPSA) is 61.4 Å².